The van der Waals surface area contributed by atoms with Gasteiger partial charge in [0.1, 0.15) is 6.10 Å². The molecule has 0 aromatic carbocycles. The molecule has 2 atom stereocenters. The van der Waals surface area contributed by atoms with Gasteiger partial charge in [-0.25, -0.2) is 0 Å². The zero-order valence-electron chi connectivity index (χ0n) is 7.58. The summed E-state index contributed by atoms with van der Waals surface area (Å²) in [7, 11) is 1.58. The second kappa shape index (κ2) is 4.23. The Balaban J connectivity index is 2.51. The van der Waals surface area contributed by atoms with Crippen LogP contribution in [0, 0.1) is 5.92 Å². The average Bonchev–Trinajstić information content (AvgIpc) is 2.17. The van der Waals surface area contributed by atoms with Crippen molar-refractivity contribution in [3.05, 3.63) is 0 Å². The Bertz CT molecular complexity index is 217. The molecule has 13 heavy (non-hydrogen) atoms. The third kappa shape index (κ3) is 2.42. The lowest BCUT2D eigenvalue weighted by Crippen LogP contribution is -2.41. The number of primary amides is 1. The number of rotatable bonds is 2. The number of carbonyl (C=O) groups excluding carboxylic acids is 2. The van der Waals surface area contributed by atoms with Crippen molar-refractivity contribution in [2.45, 2.75) is 18.9 Å². The normalized spacial score (nSPS) is 28.1. The zero-order chi connectivity index (χ0) is 9.84. The molecule has 1 aliphatic rings. The van der Waals surface area contributed by atoms with Crippen molar-refractivity contribution in [2.24, 2.45) is 11.7 Å². The number of hydrogen-bond acceptors (Lipinski definition) is 3. The Morgan fingerprint density at radius 1 is 1.54 bits per heavy atom. The number of ether oxygens (including phenoxy) is 1. The van der Waals surface area contributed by atoms with E-state index in [1.165, 1.54) is 0 Å². The highest BCUT2D eigenvalue weighted by Crippen LogP contribution is 2.19. The van der Waals surface area contributed by atoms with Gasteiger partial charge in [0.15, 0.2) is 0 Å². The number of carbonyl (C=O) groups is 2. The van der Waals surface area contributed by atoms with Gasteiger partial charge in [0.2, 0.25) is 11.8 Å². The van der Waals surface area contributed by atoms with Gasteiger partial charge in [-0.3, -0.25) is 9.59 Å². The molecule has 5 nitrogen and oxygen atoms in total. The molecule has 1 fully saturated rings. The Morgan fingerprint density at radius 3 is 2.77 bits per heavy atom. The number of nitrogens with two attached hydrogens (primary N) is 1. The van der Waals surface area contributed by atoms with Crippen molar-refractivity contribution in [2.75, 3.05) is 13.7 Å². The first-order valence-corrected chi connectivity index (χ1v) is 4.27. The van der Waals surface area contributed by atoms with Crippen LogP contribution in [0.5, 0.6) is 0 Å². The third-order valence-electron chi connectivity index (χ3n) is 2.22. The van der Waals surface area contributed by atoms with Crippen LogP contribution < -0.4 is 11.1 Å². The molecule has 1 saturated heterocycles. The predicted octanol–water partition coefficient (Wildman–Crippen LogP) is -0.987. The smallest absolute Gasteiger partial charge is 0.246 e. The van der Waals surface area contributed by atoms with E-state index in [9.17, 15) is 9.59 Å². The van der Waals surface area contributed by atoms with Gasteiger partial charge in [-0.05, 0) is 12.8 Å². The van der Waals surface area contributed by atoms with Gasteiger partial charge < -0.3 is 15.8 Å². The molecule has 0 spiro atoms. The standard InChI is InChI=1S/C8H14N2O3/c1-10-8(12)5-2-3-13-6(4-5)7(9)11/h5-6H,2-4H2,1H3,(H2,9,11)(H,10,12). The molecule has 0 aromatic rings. The second-order valence-corrected chi connectivity index (χ2v) is 3.10. The van der Waals surface area contributed by atoms with Gasteiger partial charge in [-0.2, -0.15) is 0 Å². The Hall–Kier alpha value is -1.10. The lowest BCUT2D eigenvalue weighted by Gasteiger charge is -2.26. The maximum absolute atomic E-state index is 11.2. The Labute approximate surface area is 76.6 Å². The fraction of sp³-hybridized carbons (Fsp3) is 0.750. The molecule has 0 bridgehead atoms. The molecule has 1 heterocycles. The Morgan fingerprint density at radius 2 is 2.23 bits per heavy atom. The van der Waals surface area contributed by atoms with E-state index in [4.69, 9.17) is 10.5 Å². The summed E-state index contributed by atoms with van der Waals surface area (Å²) < 4.78 is 5.11. The highest BCUT2D eigenvalue weighted by molar-refractivity contribution is 5.82. The van der Waals surface area contributed by atoms with E-state index >= 15 is 0 Å². The number of nitrogens with one attached hydrogen (secondary N) is 1. The lowest BCUT2D eigenvalue weighted by molar-refractivity contribution is -0.138. The van der Waals surface area contributed by atoms with E-state index in [0.717, 1.165) is 0 Å². The number of amides is 2. The maximum atomic E-state index is 11.2. The molecular weight excluding hydrogens is 172 g/mol. The van der Waals surface area contributed by atoms with Crippen LogP contribution in [-0.4, -0.2) is 31.6 Å². The summed E-state index contributed by atoms with van der Waals surface area (Å²) in [5, 5.41) is 2.55. The SMILES string of the molecule is CNC(=O)C1CCOC(C(N)=O)C1. The first-order chi connectivity index (χ1) is 6.15. The third-order valence-corrected chi connectivity index (χ3v) is 2.22. The summed E-state index contributed by atoms with van der Waals surface area (Å²) in [4.78, 5) is 22.0. The van der Waals surface area contributed by atoms with Gasteiger partial charge in [0.05, 0.1) is 0 Å². The summed E-state index contributed by atoms with van der Waals surface area (Å²) in [5.74, 6) is -0.681. The van der Waals surface area contributed by atoms with E-state index in [-0.39, 0.29) is 11.8 Å². The quantitative estimate of drug-likeness (QED) is 0.581. The van der Waals surface area contributed by atoms with E-state index < -0.39 is 12.0 Å². The van der Waals surface area contributed by atoms with Crippen LogP contribution in [0.2, 0.25) is 0 Å². The van der Waals surface area contributed by atoms with Crippen molar-refractivity contribution in [3.63, 3.8) is 0 Å². The molecule has 3 N–H and O–H groups in total. The fourth-order valence-corrected chi connectivity index (χ4v) is 1.44. The predicted molar refractivity (Wildman–Crippen MR) is 45.7 cm³/mol. The minimum Gasteiger partial charge on any atom is -0.368 e. The highest BCUT2D eigenvalue weighted by atomic mass is 16.5. The van der Waals surface area contributed by atoms with Crippen LogP contribution in [0.1, 0.15) is 12.8 Å². The molecule has 2 amide bonds. The van der Waals surface area contributed by atoms with Crippen molar-refractivity contribution < 1.29 is 14.3 Å². The van der Waals surface area contributed by atoms with Gasteiger partial charge in [-0.15, -0.1) is 0 Å². The molecule has 0 aromatic heterocycles. The van der Waals surface area contributed by atoms with Crippen LogP contribution in [0.25, 0.3) is 0 Å². The van der Waals surface area contributed by atoms with Crippen LogP contribution in [0.4, 0.5) is 0 Å². The van der Waals surface area contributed by atoms with Crippen molar-refractivity contribution in [1.29, 1.82) is 0 Å². The van der Waals surface area contributed by atoms with Gasteiger partial charge in [-0.1, -0.05) is 0 Å². The van der Waals surface area contributed by atoms with Crippen molar-refractivity contribution in [1.82, 2.24) is 5.32 Å². The highest BCUT2D eigenvalue weighted by Gasteiger charge is 2.30. The van der Waals surface area contributed by atoms with Crippen molar-refractivity contribution in [3.8, 4) is 0 Å². The molecule has 74 valence electrons. The van der Waals surface area contributed by atoms with Crippen LogP contribution >= 0.6 is 0 Å². The molecule has 1 rings (SSSR count). The van der Waals surface area contributed by atoms with Gasteiger partial charge in [0, 0.05) is 19.6 Å². The summed E-state index contributed by atoms with van der Waals surface area (Å²) in [6.45, 7) is 0.422. The first-order valence-electron chi connectivity index (χ1n) is 4.27. The Kier molecular flexibility index (Phi) is 3.25. The summed E-state index contributed by atoms with van der Waals surface area (Å²) >= 11 is 0. The van der Waals surface area contributed by atoms with Crippen LogP contribution in [0.3, 0.4) is 0 Å². The number of hydrogen-bond donors (Lipinski definition) is 2. The topological polar surface area (TPSA) is 81.4 Å². The van der Waals surface area contributed by atoms with E-state index in [2.05, 4.69) is 5.32 Å². The monoisotopic (exact) mass is 186 g/mol. The second-order valence-electron chi connectivity index (χ2n) is 3.10. The molecule has 1 aliphatic heterocycles. The molecule has 2 unspecified atom stereocenters. The summed E-state index contributed by atoms with van der Waals surface area (Å²) in [6.07, 6.45) is 0.453. The molecular formula is C8H14N2O3. The average molecular weight is 186 g/mol. The largest absolute Gasteiger partial charge is 0.368 e. The van der Waals surface area contributed by atoms with E-state index in [1.807, 2.05) is 0 Å². The molecule has 0 saturated carbocycles. The summed E-state index contributed by atoms with van der Waals surface area (Å²) in [5.41, 5.74) is 5.08. The van der Waals surface area contributed by atoms with Gasteiger partial charge >= 0.3 is 0 Å². The molecule has 5 heteroatoms. The minimum atomic E-state index is -0.601. The lowest BCUT2D eigenvalue weighted by atomic mass is 9.94. The van der Waals surface area contributed by atoms with E-state index in [1.54, 1.807) is 7.05 Å². The maximum Gasteiger partial charge on any atom is 0.246 e. The van der Waals surface area contributed by atoms with Crippen LogP contribution in [0.15, 0.2) is 0 Å². The minimum absolute atomic E-state index is 0.0467. The first kappa shape index (κ1) is 9.98. The molecule has 0 radical (unpaired) electrons. The van der Waals surface area contributed by atoms with Gasteiger partial charge in [0.25, 0.3) is 0 Å². The van der Waals surface area contributed by atoms with E-state index in [0.29, 0.717) is 19.4 Å². The summed E-state index contributed by atoms with van der Waals surface area (Å²) in [6, 6.07) is 0. The van der Waals surface area contributed by atoms with Crippen molar-refractivity contribution >= 4 is 11.8 Å². The zero-order valence-corrected chi connectivity index (χ0v) is 7.58. The fourth-order valence-electron chi connectivity index (χ4n) is 1.44. The van der Waals surface area contributed by atoms with Crippen LogP contribution in [-0.2, 0) is 14.3 Å². The molecule has 0 aliphatic carbocycles.